The number of carbonyl (C=O) groups is 2. The minimum Gasteiger partial charge on any atom is -0.481 e. The van der Waals surface area contributed by atoms with E-state index in [9.17, 15) is 9.59 Å². The molecule has 1 N–H and O–H groups in total. The molecule has 0 aromatic carbocycles. The second-order valence-corrected chi connectivity index (χ2v) is 5.98. The molecule has 0 heterocycles. The van der Waals surface area contributed by atoms with Crippen molar-refractivity contribution in [3.63, 3.8) is 0 Å². The van der Waals surface area contributed by atoms with Crippen molar-refractivity contribution in [2.45, 2.75) is 44.8 Å². The van der Waals surface area contributed by atoms with Gasteiger partial charge < -0.3 is 10.0 Å². The van der Waals surface area contributed by atoms with Crippen LogP contribution in [0.4, 0.5) is 0 Å². The minimum absolute atomic E-state index is 0.166. The summed E-state index contributed by atoms with van der Waals surface area (Å²) in [4.78, 5) is 24.5. The number of hydrogen-bond acceptors (Lipinski definition) is 3. The number of amides is 1. The van der Waals surface area contributed by atoms with Crippen molar-refractivity contribution in [2.75, 3.05) is 18.8 Å². The Labute approximate surface area is 113 Å². The zero-order valence-corrected chi connectivity index (χ0v) is 12.0. The fourth-order valence-electron chi connectivity index (χ4n) is 2.33. The molecule has 0 aliphatic heterocycles. The molecule has 0 radical (unpaired) electrons. The number of nitrogens with zero attached hydrogens (tertiary/aromatic N) is 1. The van der Waals surface area contributed by atoms with Crippen LogP contribution >= 0.6 is 11.8 Å². The van der Waals surface area contributed by atoms with E-state index in [0.29, 0.717) is 11.0 Å². The van der Waals surface area contributed by atoms with Gasteiger partial charge in [0.1, 0.15) is 0 Å². The van der Waals surface area contributed by atoms with Crippen molar-refractivity contribution < 1.29 is 14.7 Å². The first-order valence-electron chi connectivity index (χ1n) is 6.70. The molecule has 5 heteroatoms. The first-order valence-corrected chi connectivity index (χ1v) is 7.75. The van der Waals surface area contributed by atoms with Gasteiger partial charge in [-0.3, -0.25) is 9.59 Å². The van der Waals surface area contributed by atoms with E-state index in [0.717, 1.165) is 38.8 Å². The molecular formula is C13H23NO3S. The van der Waals surface area contributed by atoms with Crippen LogP contribution in [0.15, 0.2) is 0 Å². The van der Waals surface area contributed by atoms with Crippen molar-refractivity contribution in [1.82, 2.24) is 4.90 Å². The lowest BCUT2D eigenvalue weighted by atomic mass is 9.89. The SMILES string of the molecule is CCN(CC)C(=O)CSC1CCC(C(=O)O)CC1. The summed E-state index contributed by atoms with van der Waals surface area (Å²) < 4.78 is 0. The van der Waals surface area contributed by atoms with Crippen molar-refractivity contribution in [3.05, 3.63) is 0 Å². The molecule has 0 bridgehead atoms. The molecule has 1 saturated carbocycles. The van der Waals surface area contributed by atoms with Crippen LogP contribution in [0.2, 0.25) is 0 Å². The molecule has 1 aliphatic carbocycles. The predicted molar refractivity (Wildman–Crippen MR) is 73.8 cm³/mol. The van der Waals surface area contributed by atoms with Crippen molar-refractivity contribution in [1.29, 1.82) is 0 Å². The first-order chi connectivity index (χ1) is 8.58. The highest BCUT2D eigenvalue weighted by Crippen LogP contribution is 2.32. The van der Waals surface area contributed by atoms with Gasteiger partial charge in [-0.25, -0.2) is 0 Å². The molecule has 0 aromatic heterocycles. The predicted octanol–water partition coefficient (Wildman–Crippen LogP) is 2.23. The second kappa shape index (κ2) is 7.67. The van der Waals surface area contributed by atoms with Gasteiger partial charge in [0, 0.05) is 18.3 Å². The summed E-state index contributed by atoms with van der Waals surface area (Å²) in [5, 5.41) is 9.37. The Balaban J connectivity index is 2.25. The Morgan fingerprint density at radius 1 is 1.17 bits per heavy atom. The fourth-order valence-corrected chi connectivity index (χ4v) is 3.50. The summed E-state index contributed by atoms with van der Waals surface area (Å²) in [6.07, 6.45) is 3.36. The van der Waals surface area contributed by atoms with E-state index in [1.807, 2.05) is 18.7 Å². The molecule has 1 aliphatic rings. The first kappa shape index (κ1) is 15.3. The third-order valence-electron chi connectivity index (χ3n) is 3.58. The second-order valence-electron chi connectivity index (χ2n) is 4.69. The minimum atomic E-state index is -0.669. The van der Waals surface area contributed by atoms with Gasteiger partial charge >= 0.3 is 5.97 Å². The number of hydrogen-bond donors (Lipinski definition) is 1. The molecule has 0 unspecified atom stereocenters. The van der Waals surface area contributed by atoms with Gasteiger partial charge in [0.15, 0.2) is 0 Å². The van der Waals surface area contributed by atoms with E-state index in [4.69, 9.17) is 5.11 Å². The molecular weight excluding hydrogens is 250 g/mol. The Bertz CT molecular complexity index is 284. The number of carboxylic acid groups (broad SMARTS) is 1. The van der Waals surface area contributed by atoms with Crippen LogP contribution in [-0.2, 0) is 9.59 Å². The standard InChI is InChI=1S/C13H23NO3S/c1-3-14(4-2)12(15)9-18-11-7-5-10(6-8-11)13(16)17/h10-11H,3-9H2,1-2H3,(H,16,17). The summed E-state index contributed by atoms with van der Waals surface area (Å²) in [5.74, 6) is -0.104. The topological polar surface area (TPSA) is 57.6 Å². The lowest BCUT2D eigenvalue weighted by Crippen LogP contribution is -2.32. The van der Waals surface area contributed by atoms with Crippen LogP contribution in [0.25, 0.3) is 0 Å². The Kier molecular flexibility index (Phi) is 6.54. The summed E-state index contributed by atoms with van der Waals surface area (Å²) in [7, 11) is 0. The maximum absolute atomic E-state index is 11.8. The number of aliphatic carboxylic acids is 1. The molecule has 1 amide bonds. The molecule has 1 rings (SSSR count). The average Bonchev–Trinajstić information content (AvgIpc) is 2.38. The van der Waals surface area contributed by atoms with Crippen LogP contribution in [0.5, 0.6) is 0 Å². The summed E-state index contributed by atoms with van der Waals surface area (Å²) in [5.41, 5.74) is 0. The van der Waals surface area contributed by atoms with E-state index in [1.54, 1.807) is 11.8 Å². The van der Waals surface area contributed by atoms with Gasteiger partial charge in [0.2, 0.25) is 5.91 Å². The van der Waals surface area contributed by atoms with Crippen LogP contribution in [-0.4, -0.2) is 46.0 Å². The average molecular weight is 273 g/mol. The van der Waals surface area contributed by atoms with Gasteiger partial charge in [-0.05, 0) is 39.5 Å². The smallest absolute Gasteiger partial charge is 0.306 e. The van der Waals surface area contributed by atoms with Crippen LogP contribution in [0.3, 0.4) is 0 Å². The van der Waals surface area contributed by atoms with Gasteiger partial charge in [-0.2, -0.15) is 0 Å². The van der Waals surface area contributed by atoms with E-state index >= 15 is 0 Å². The Morgan fingerprint density at radius 2 is 1.72 bits per heavy atom. The van der Waals surface area contributed by atoms with Gasteiger partial charge in [-0.15, -0.1) is 11.8 Å². The van der Waals surface area contributed by atoms with Crippen molar-refractivity contribution in [3.8, 4) is 0 Å². The number of thioether (sulfide) groups is 1. The molecule has 18 heavy (non-hydrogen) atoms. The maximum atomic E-state index is 11.8. The van der Waals surface area contributed by atoms with Crippen LogP contribution in [0.1, 0.15) is 39.5 Å². The highest BCUT2D eigenvalue weighted by atomic mass is 32.2. The molecule has 0 saturated heterocycles. The molecule has 4 nitrogen and oxygen atoms in total. The van der Waals surface area contributed by atoms with E-state index in [2.05, 4.69) is 0 Å². The third kappa shape index (κ3) is 4.52. The quantitative estimate of drug-likeness (QED) is 0.806. The molecule has 104 valence electrons. The van der Waals surface area contributed by atoms with E-state index in [-0.39, 0.29) is 11.8 Å². The largest absolute Gasteiger partial charge is 0.481 e. The zero-order chi connectivity index (χ0) is 13.5. The third-order valence-corrected chi connectivity index (χ3v) is 4.94. The Morgan fingerprint density at radius 3 is 2.17 bits per heavy atom. The highest BCUT2D eigenvalue weighted by molar-refractivity contribution is 8.00. The fraction of sp³-hybridized carbons (Fsp3) is 0.846. The van der Waals surface area contributed by atoms with Crippen LogP contribution < -0.4 is 0 Å². The lowest BCUT2D eigenvalue weighted by Gasteiger charge is -2.26. The van der Waals surface area contributed by atoms with Crippen molar-refractivity contribution >= 4 is 23.6 Å². The normalized spacial score (nSPS) is 23.7. The van der Waals surface area contributed by atoms with Crippen LogP contribution in [0, 0.1) is 5.92 Å². The van der Waals surface area contributed by atoms with Gasteiger partial charge in [0.25, 0.3) is 0 Å². The summed E-state index contributed by atoms with van der Waals surface area (Å²) >= 11 is 1.69. The molecule has 0 spiro atoms. The molecule has 1 fully saturated rings. The number of rotatable bonds is 6. The van der Waals surface area contributed by atoms with E-state index in [1.165, 1.54) is 0 Å². The van der Waals surface area contributed by atoms with Gasteiger partial charge in [0.05, 0.1) is 11.7 Å². The monoisotopic (exact) mass is 273 g/mol. The van der Waals surface area contributed by atoms with Gasteiger partial charge in [-0.1, -0.05) is 0 Å². The zero-order valence-electron chi connectivity index (χ0n) is 11.2. The summed E-state index contributed by atoms with van der Waals surface area (Å²) in [6, 6.07) is 0. The number of carbonyl (C=O) groups excluding carboxylic acids is 1. The highest BCUT2D eigenvalue weighted by Gasteiger charge is 2.26. The lowest BCUT2D eigenvalue weighted by molar-refractivity contribution is -0.142. The van der Waals surface area contributed by atoms with Crippen molar-refractivity contribution in [2.24, 2.45) is 5.92 Å². The summed E-state index contributed by atoms with van der Waals surface area (Å²) in [6.45, 7) is 5.51. The maximum Gasteiger partial charge on any atom is 0.306 e. The Hall–Kier alpha value is -0.710. The molecule has 0 aromatic rings. The van der Waals surface area contributed by atoms with E-state index < -0.39 is 5.97 Å². The number of carboxylic acids is 1. The molecule has 0 atom stereocenters.